The lowest BCUT2D eigenvalue weighted by molar-refractivity contribution is 0.209. The average Bonchev–Trinajstić information content (AvgIpc) is 2.09. The first-order chi connectivity index (χ1) is 5.81. The highest BCUT2D eigenvalue weighted by molar-refractivity contribution is 4.88. The molecule has 0 saturated carbocycles. The van der Waals surface area contributed by atoms with Crippen molar-refractivity contribution in [2.24, 2.45) is 0 Å². The van der Waals surface area contributed by atoms with Gasteiger partial charge in [0.1, 0.15) is 0 Å². The normalized spacial score (nSPS) is 13.9. The van der Waals surface area contributed by atoms with E-state index in [0.717, 1.165) is 19.3 Å². The molecule has 0 aliphatic heterocycles. The molecule has 12 heavy (non-hydrogen) atoms. The smallest absolute Gasteiger partial charge is 0.0720 e. The van der Waals surface area contributed by atoms with Crippen LogP contribution in [0.4, 0.5) is 0 Å². The lowest BCUT2D eigenvalue weighted by Crippen LogP contribution is -2.00. The monoisotopic (exact) mass is 170 g/mol. The van der Waals surface area contributed by atoms with E-state index in [1.54, 1.807) is 0 Å². The third-order valence-electron chi connectivity index (χ3n) is 1.94. The van der Waals surface area contributed by atoms with Crippen molar-refractivity contribution >= 4 is 0 Å². The number of aliphatic hydroxyl groups excluding tert-OH is 1. The molecular weight excluding hydrogens is 148 g/mol. The largest absolute Gasteiger partial charge is 0.389 e. The van der Waals surface area contributed by atoms with Gasteiger partial charge >= 0.3 is 0 Å². The topological polar surface area (TPSA) is 20.2 Å². The van der Waals surface area contributed by atoms with Crippen LogP contribution in [0.3, 0.4) is 0 Å². The van der Waals surface area contributed by atoms with Crippen molar-refractivity contribution in [3.05, 3.63) is 12.2 Å². The Morgan fingerprint density at radius 2 is 1.83 bits per heavy atom. The molecule has 0 radical (unpaired) electrons. The molecule has 0 saturated heterocycles. The summed E-state index contributed by atoms with van der Waals surface area (Å²) in [6.07, 6.45) is 10.6. The molecule has 0 unspecified atom stereocenters. The van der Waals surface area contributed by atoms with Crippen LogP contribution in [0.25, 0.3) is 0 Å². The average molecular weight is 170 g/mol. The van der Waals surface area contributed by atoms with E-state index >= 15 is 0 Å². The van der Waals surface area contributed by atoms with Crippen LogP contribution in [0.1, 0.15) is 52.4 Å². The highest BCUT2D eigenvalue weighted by Gasteiger charge is 1.95. The number of hydrogen-bond donors (Lipinski definition) is 1. The molecule has 72 valence electrons. The van der Waals surface area contributed by atoms with E-state index in [1.165, 1.54) is 19.3 Å². The summed E-state index contributed by atoms with van der Waals surface area (Å²) in [4.78, 5) is 0. The van der Waals surface area contributed by atoms with Crippen molar-refractivity contribution in [1.29, 1.82) is 0 Å². The van der Waals surface area contributed by atoms with Gasteiger partial charge in [0.05, 0.1) is 6.10 Å². The minimum atomic E-state index is -0.207. The fourth-order valence-electron chi connectivity index (χ4n) is 1.08. The van der Waals surface area contributed by atoms with E-state index < -0.39 is 0 Å². The van der Waals surface area contributed by atoms with Gasteiger partial charge in [-0.25, -0.2) is 0 Å². The summed E-state index contributed by atoms with van der Waals surface area (Å²) in [5.74, 6) is 0. The fourth-order valence-corrected chi connectivity index (χ4v) is 1.08. The molecule has 0 heterocycles. The molecule has 0 rings (SSSR count). The fraction of sp³-hybridized carbons (Fsp3) is 0.818. The third kappa shape index (κ3) is 7.80. The zero-order chi connectivity index (χ0) is 9.23. The van der Waals surface area contributed by atoms with Gasteiger partial charge in [-0.15, -0.1) is 0 Å². The molecule has 0 amide bonds. The molecule has 0 aliphatic carbocycles. The van der Waals surface area contributed by atoms with Crippen LogP contribution in [0.15, 0.2) is 12.2 Å². The zero-order valence-corrected chi connectivity index (χ0v) is 8.42. The molecule has 1 atom stereocenters. The minimum absolute atomic E-state index is 0.207. The van der Waals surface area contributed by atoms with E-state index in [-0.39, 0.29) is 6.10 Å². The van der Waals surface area contributed by atoms with Crippen LogP contribution in [0, 0.1) is 0 Å². The second-order valence-electron chi connectivity index (χ2n) is 3.28. The Hall–Kier alpha value is -0.300. The van der Waals surface area contributed by atoms with Gasteiger partial charge in [-0.05, 0) is 12.8 Å². The molecule has 0 aromatic rings. The Balaban J connectivity index is 3.27. The number of aliphatic hydroxyl groups is 1. The minimum Gasteiger partial charge on any atom is -0.389 e. The molecule has 1 heteroatoms. The highest BCUT2D eigenvalue weighted by atomic mass is 16.3. The Morgan fingerprint density at radius 3 is 2.42 bits per heavy atom. The summed E-state index contributed by atoms with van der Waals surface area (Å²) >= 11 is 0. The molecule has 0 aromatic carbocycles. The zero-order valence-electron chi connectivity index (χ0n) is 8.42. The number of unbranched alkanes of at least 4 members (excludes halogenated alkanes) is 3. The molecule has 1 nitrogen and oxygen atoms in total. The van der Waals surface area contributed by atoms with Crippen LogP contribution >= 0.6 is 0 Å². The first-order valence-electron chi connectivity index (χ1n) is 5.16. The number of rotatable bonds is 7. The second-order valence-corrected chi connectivity index (χ2v) is 3.28. The van der Waals surface area contributed by atoms with Gasteiger partial charge in [0, 0.05) is 0 Å². The maximum Gasteiger partial charge on any atom is 0.0720 e. The highest BCUT2D eigenvalue weighted by Crippen LogP contribution is 2.03. The van der Waals surface area contributed by atoms with E-state index in [0.29, 0.717) is 0 Å². The lowest BCUT2D eigenvalue weighted by atomic mass is 10.1. The van der Waals surface area contributed by atoms with Gasteiger partial charge in [-0.1, -0.05) is 51.7 Å². The van der Waals surface area contributed by atoms with Crippen LogP contribution in [0.2, 0.25) is 0 Å². The van der Waals surface area contributed by atoms with E-state index in [4.69, 9.17) is 0 Å². The van der Waals surface area contributed by atoms with E-state index in [1.807, 2.05) is 6.08 Å². The summed E-state index contributed by atoms with van der Waals surface area (Å²) in [6.45, 7) is 4.33. The predicted octanol–water partition coefficient (Wildman–Crippen LogP) is 3.28. The van der Waals surface area contributed by atoms with Crippen molar-refractivity contribution in [1.82, 2.24) is 0 Å². The summed E-state index contributed by atoms with van der Waals surface area (Å²) in [5, 5.41) is 9.39. The molecular formula is C11H22O. The summed E-state index contributed by atoms with van der Waals surface area (Å²) < 4.78 is 0. The summed E-state index contributed by atoms with van der Waals surface area (Å²) in [5.41, 5.74) is 0. The maximum atomic E-state index is 9.39. The van der Waals surface area contributed by atoms with E-state index in [9.17, 15) is 5.11 Å². The van der Waals surface area contributed by atoms with Crippen molar-refractivity contribution in [3.63, 3.8) is 0 Å². The van der Waals surface area contributed by atoms with Crippen LogP contribution in [0.5, 0.6) is 0 Å². The molecule has 0 bridgehead atoms. The summed E-state index contributed by atoms with van der Waals surface area (Å²) in [7, 11) is 0. The quantitative estimate of drug-likeness (QED) is 0.459. The third-order valence-corrected chi connectivity index (χ3v) is 1.94. The Bertz CT molecular complexity index is 108. The van der Waals surface area contributed by atoms with Crippen molar-refractivity contribution in [3.8, 4) is 0 Å². The van der Waals surface area contributed by atoms with Gasteiger partial charge < -0.3 is 5.11 Å². The van der Waals surface area contributed by atoms with Crippen LogP contribution in [-0.2, 0) is 0 Å². The Kier molecular flexibility index (Phi) is 8.57. The number of allylic oxidation sites excluding steroid dienone is 1. The Labute approximate surface area is 76.5 Å². The molecule has 0 aliphatic rings. The van der Waals surface area contributed by atoms with Crippen molar-refractivity contribution in [2.45, 2.75) is 58.5 Å². The lowest BCUT2D eigenvalue weighted by Gasteiger charge is -2.02. The first kappa shape index (κ1) is 11.7. The van der Waals surface area contributed by atoms with Crippen molar-refractivity contribution in [2.75, 3.05) is 0 Å². The first-order valence-corrected chi connectivity index (χ1v) is 5.16. The second kappa shape index (κ2) is 8.79. The van der Waals surface area contributed by atoms with Crippen molar-refractivity contribution < 1.29 is 5.11 Å². The van der Waals surface area contributed by atoms with Crippen LogP contribution in [-0.4, -0.2) is 11.2 Å². The molecule has 1 N–H and O–H groups in total. The molecule has 0 spiro atoms. The van der Waals surface area contributed by atoms with Gasteiger partial charge in [0.25, 0.3) is 0 Å². The maximum absolute atomic E-state index is 9.39. The number of hydrogen-bond acceptors (Lipinski definition) is 1. The Morgan fingerprint density at radius 1 is 1.17 bits per heavy atom. The van der Waals surface area contributed by atoms with Gasteiger partial charge in [0.2, 0.25) is 0 Å². The van der Waals surface area contributed by atoms with Gasteiger partial charge in [0.15, 0.2) is 0 Å². The SMILES string of the molecule is CCCC/C=C/[C@@H](O)CCCC. The van der Waals surface area contributed by atoms with Gasteiger partial charge in [-0.3, -0.25) is 0 Å². The standard InChI is InChI=1S/C11H22O/c1-3-5-7-8-10-11(12)9-6-4-2/h8,10-12H,3-7,9H2,1-2H3/b10-8+/t11-/m0/s1. The predicted molar refractivity (Wildman–Crippen MR) is 54.2 cm³/mol. The molecule has 0 fully saturated rings. The van der Waals surface area contributed by atoms with Crippen LogP contribution < -0.4 is 0 Å². The van der Waals surface area contributed by atoms with E-state index in [2.05, 4.69) is 19.9 Å². The van der Waals surface area contributed by atoms with Gasteiger partial charge in [-0.2, -0.15) is 0 Å². The molecule has 0 aromatic heterocycles. The summed E-state index contributed by atoms with van der Waals surface area (Å²) in [6, 6.07) is 0.